The summed E-state index contributed by atoms with van der Waals surface area (Å²) in [6.45, 7) is 1.82. The lowest BCUT2D eigenvalue weighted by Crippen LogP contribution is -2.03. The lowest BCUT2D eigenvalue weighted by atomic mass is 10.2. The zero-order valence-corrected chi connectivity index (χ0v) is 11.0. The van der Waals surface area contributed by atoms with Crippen LogP contribution in [-0.4, -0.2) is 36.3 Å². The molecule has 0 radical (unpaired) electrons. The molecule has 0 saturated heterocycles. The molecule has 0 spiro atoms. The summed E-state index contributed by atoms with van der Waals surface area (Å²) >= 11 is 1.26. The van der Waals surface area contributed by atoms with Crippen LogP contribution in [0, 0.1) is 6.92 Å². The van der Waals surface area contributed by atoms with Crippen molar-refractivity contribution in [3.63, 3.8) is 0 Å². The third-order valence-corrected chi connectivity index (χ3v) is 3.80. The molecule has 2 aromatic rings. The van der Waals surface area contributed by atoms with Crippen LogP contribution >= 0.6 is 11.8 Å². The van der Waals surface area contributed by atoms with Gasteiger partial charge in [0.15, 0.2) is 0 Å². The highest BCUT2D eigenvalue weighted by molar-refractivity contribution is 7.99. The third kappa shape index (κ3) is 2.43. The largest absolute Gasteiger partial charge is 0.478 e. The van der Waals surface area contributed by atoms with Crippen molar-refractivity contribution in [3.8, 4) is 0 Å². The van der Waals surface area contributed by atoms with E-state index in [-0.39, 0.29) is 5.56 Å². The molecule has 98 valence electrons. The Balaban J connectivity index is 1.95. The Morgan fingerprint density at radius 3 is 3.00 bits per heavy atom. The number of aromatic carboxylic acids is 1. The van der Waals surface area contributed by atoms with Gasteiger partial charge in [0.2, 0.25) is 5.16 Å². The summed E-state index contributed by atoms with van der Waals surface area (Å²) in [5.41, 5.74) is 0.930. The molecule has 1 saturated carbocycles. The zero-order valence-electron chi connectivity index (χ0n) is 10.1. The molecule has 2 aromatic heterocycles. The fourth-order valence-electron chi connectivity index (χ4n) is 1.68. The van der Waals surface area contributed by atoms with Crippen molar-refractivity contribution in [3.05, 3.63) is 23.5 Å². The number of hydrogen-bond donors (Lipinski definition) is 1. The molecule has 1 aliphatic carbocycles. The number of nitrogens with zero attached hydrogens (tertiary/aromatic N) is 5. The number of aryl methyl sites for hydroxylation is 1. The van der Waals surface area contributed by atoms with Crippen molar-refractivity contribution in [1.82, 2.24) is 25.2 Å². The minimum atomic E-state index is -1.000. The Bertz CT molecular complexity index is 638. The fourth-order valence-corrected chi connectivity index (χ4v) is 2.71. The quantitative estimate of drug-likeness (QED) is 0.906. The van der Waals surface area contributed by atoms with Gasteiger partial charge in [-0.15, -0.1) is 5.10 Å². The number of pyridine rings is 1. The highest BCUT2D eigenvalue weighted by atomic mass is 32.2. The summed E-state index contributed by atoms with van der Waals surface area (Å²) in [5, 5.41) is 21.3. The third-order valence-electron chi connectivity index (χ3n) is 2.79. The van der Waals surface area contributed by atoms with Gasteiger partial charge in [0, 0.05) is 16.8 Å². The zero-order chi connectivity index (χ0) is 13.4. The van der Waals surface area contributed by atoms with Crippen LogP contribution < -0.4 is 0 Å². The van der Waals surface area contributed by atoms with Gasteiger partial charge in [0.1, 0.15) is 0 Å². The molecule has 0 unspecified atom stereocenters. The first-order chi connectivity index (χ1) is 9.15. The van der Waals surface area contributed by atoms with Crippen molar-refractivity contribution in [2.24, 2.45) is 0 Å². The van der Waals surface area contributed by atoms with Crippen LogP contribution in [0.2, 0.25) is 0 Å². The van der Waals surface area contributed by atoms with Gasteiger partial charge in [-0.1, -0.05) is 0 Å². The Kier molecular flexibility index (Phi) is 2.94. The van der Waals surface area contributed by atoms with Gasteiger partial charge in [-0.05, 0) is 48.0 Å². The maximum absolute atomic E-state index is 11.2. The molecule has 8 heteroatoms. The minimum absolute atomic E-state index is 0.168. The van der Waals surface area contributed by atoms with E-state index in [0.29, 0.717) is 16.1 Å². The lowest BCUT2D eigenvalue weighted by molar-refractivity contribution is 0.0692. The predicted octanol–water partition coefficient (Wildman–Crippen LogP) is 1.56. The highest BCUT2D eigenvalue weighted by Gasteiger charge is 2.28. The average Bonchev–Trinajstić information content (AvgIpc) is 3.10. The fraction of sp³-hybridized carbons (Fsp3) is 0.364. The smallest absolute Gasteiger partial charge is 0.338 e. The SMILES string of the molecule is Cc1cc(Sc2nnnn2C2CC2)c(C(=O)O)cn1. The number of carbonyl (C=O) groups is 1. The molecule has 2 heterocycles. The molecule has 19 heavy (non-hydrogen) atoms. The number of carboxylic acids is 1. The number of hydrogen-bond acceptors (Lipinski definition) is 6. The normalized spacial score (nSPS) is 14.6. The van der Waals surface area contributed by atoms with Crippen LogP contribution in [0.1, 0.15) is 34.9 Å². The Hall–Kier alpha value is -1.96. The Morgan fingerprint density at radius 2 is 2.32 bits per heavy atom. The first-order valence-corrected chi connectivity index (χ1v) is 6.62. The predicted molar refractivity (Wildman–Crippen MR) is 66.1 cm³/mol. The average molecular weight is 277 g/mol. The van der Waals surface area contributed by atoms with Crippen LogP contribution in [-0.2, 0) is 0 Å². The lowest BCUT2D eigenvalue weighted by Gasteiger charge is -2.06. The topological polar surface area (TPSA) is 93.8 Å². The second-order valence-corrected chi connectivity index (χ2v) is 5.38. The molecular formula is C11H11N5O2S. The van der Waals surface area contributed by atoms with Crippen molar-refractivity contribution >= 4 is 17.7 Å². The van der Waals surface area contributed by atoms with Gasteiger partial charge in [0.05, 0.1) is 11.6 Å². The molecule has 1 aliphatic rings. The van der Waals surface area contributed by atoms with Gasteiger partial charge in [-0.25, -0.2) is 9.48 Å². The van der Waals surface area contributed by atoms with E-state index >= 15 is 0 Å². The molecule has 0 bridgehead atoms. The van der Waals surface area contributed by atoms with Crippen LogP contribution in [0.15, 0.2) is 22.3 Å². The second kappa shape index (κ2) is 4.61. The summed E-state index contributed by atoms with van der Waals surface area (Å²) in [6.07, 6.45) is 3.50. The number of carboxylic acid groups (broad SMARTS) is 1. The van der Waals surface area contributed by atoms with Crippen LogP contribution in [0.3, 0.4) is 0 Å². The summed E-state index contributed by atoms with van der Waals surface area (Å²) in [6, 6.07) is 2.09. The minimum Gasteiger partial charge on any atom is -0.478 e. The van der Waals surface area contributed by atoms with E-state index in [4.69, 9.17) is 5.11 Å². The van der Waals surface area contributed by atoms with Gasteiger partial charge >= 0.3 is 5.97 Å². The first-order valence-electron chi connectivity index (χ1n) is 5.81. The summed E-state index contributed by atoms with van der Waals surface area (Å²) in [7, 11) is 0. The van der Waals surface area contributed by atoms with E-state index in [1.165, 1.54) is 18.0 Å². The highest BCUT2D eigenvalue weighted by Crippen LogP contribution is 2.38. The summed E-state index contributed by atoms with van der Waals surface area (Å²) < 4.78 is 1.76. The van der Waals surface area contributed by atoms with Crippen LogP contribution in [0.25, 0.3) is 0 Å². The molecule has 7 nitrogen and oxygen atoms in total. The van der Waals surface area contributed by atoms with Crippen molar-refractivity contribution in [1.29, 1.82) is 0 Å². The number of aromatic nitrogens is 5. The van der Waals surface area contributed by atoms with Gasteiger partial charge in [-0.3, -0.25) is 4.98 Å². The van der Waals surface area contributed by atoms with Crippen LogP contribution in [0.4, 0.5) is 0 Å². The monoisotopic (exact) mass is 277 g/mol. The standard InChI is InChI=1S/C11H11N5O2S/c1-6-4-9(8(5-12-6)10(17)18)19-11-13-14-15-16(11)7-2-3-7/h4-5,7H,2-3H2,1H3,(H,17,18). The van der Waals surface area contributed by atoms with Crippen molar-refractivity contribution in [2.75, 3.05) is 0 Å². The number of tetrazole rings is 1. The maximum Gasteiger partial charge on any atom is 0.338 e. The van der Waals surface area contributed by atoms with E-state index in [2.05, 4.69) is 20.5 Å². The van der Waals surface area contributed by atoms with E-state index in [0.717, 1.165) is 18.5 Å². The summed E-state index contributed by atoms with van der Waals surface area (Å²) in [4.78, 5) is 15.8. The second-order valence-electron chi connectivity index (χ2n) is 4.37. The molecule has 0 aliphatic heterocycles. The van der Waals surface area contributed by atoms with Crippen molar-refractivity contribution in [2.45, 2.75) is 35.9 Å². The van der Waals surface area contributed by atoms with Crippen LogP contribution in [0.5, 0.6) is 0 Å². The van der Waals surface area contributed by atoms with E-state index in [1.807, 2.05) is 6.92 Å². The number of rotatable bonds is 4. The Labute approximate surface area is 113 Å². The molecule has 0 aromatic carbocycles. The maximum atomic E-state index is 11.2. The first kappa shape index (κ1) is 12.1. The van der Waals surface area contributed by atoms with E-state index < -0.39 is 5.97 Å². The molecule has 1 N–H and O–H groups in total. The van der Waals surface area contributed by atoms with Gasteiger partial charge in [0.25, 0.3) is 0 Å². The van der Waals surface area contributed by atoms with Crippen molar-refractivity contribution < 1.29 is 9.90 Å². The summed E-state index contributed by atoms with van der Waals surface area (Å²) in [5.74, 6) is -1.000. The molecule has 3 rings (SSSR count). The molecule has 1 fully saturated rings. The van der Waals surface area contributed by atoms with E-state index in [9.17, 15) is 4.79 Å². The Morgan fingerprint density at radius 1 is 1.53 bits per heavy atom. The van der Waals surface area contributed by atoms with Gasteiger partial charge < -0.3 is 5.11 Å². The molecule has 0 amide bonds. The van der Waals surface area contributed by atoms with Gasteiger partial charge in [-0.2, -0.15) is 0 Å². The molecular weight excluding hydrogens is 266 g/mol. The molecule has 0 atom stereocenters. The van der Waals surface area contributed by atoms with E-state index in [1.54, 1.807) is 10.7 Å².